The van der Waals surface area contributed by atoms with Crippen molar-refractivity contribution in [2.45, 2.75) is 31.3 Å². The molecule has 2 atom stereocenters. The van der Waals surface area contributed by atoms with Gasteiger partial charge in [-0.05, 0) is 19.3 Å². The molecule has 0 aromatic rings. The Balaban J connectivity index is 2.38. The van der Waals surface area contributed by atoms with Gasteiger partial charge < -0.3 is 5.32 Å². The second-order valence-corrected chi connectivity index (χ2v) is 3.18. The van der Waals surface area contributed by atoms with Crippen molar-refractivity contribution >= 4 is 0 Å². The molecule has 0 spiro atoms. The van der Waals surface area contributed by atoms with Crippen molar-refractivity contribution in [3.8, 4) is 0 Å². The van der Waals surface area contributed by atoms with Gasteiger partial charge >= 0.3 is 0 Å². The van der Waals surface area contributed by atoms with E-state index in [1.54, 1.807) is 0 Å². The maximum atomic E-state index is 3.74. The van der Waals surface area contributed by atoms with Gasteiger partial charge in [-0.3, -0.25) is 0 Å². The lowest BCUT2D eigenvalue weighted by atomic mass is 10.0. The molecule has 1 heterocycles. The van der Waals surface area contributed by atoms with Gasteiger partial charge in [0.1, 0.15) is 0 Å². The van der Waals surface area contributed by atoms with Crippen LogP contribution >= 0.6 is 0 Å². The molecule has 12 heavy (non-hydrogen) atoms. The molecule has 0 saturated heterocycles. The van der Waals surface area contributed by atoms with E-state index < -0.39 is 0 Å². The minimum Gasteiger partial charge on any atom is -0.307 e. The van der Waals surface area contributed by atoms with Crippen LogP contribution in [0.15, 0.2) is 37.5 Å². The van der Waals surface area contributed by atoms with E-state index in [2.05, 4.69) is 30.6 Å². The van der Waals surface area contributed by atoms with Gasteiger partial charge in [0.05, 0.1) is 0 Å². The summed E-state index contributed by atoms with van der Waals surface area (Å²) >= 11 is 0. The molecule has 0 fully saturated rings. The zero-order valence-electron chi connectivity index (χ0n) is 7.50. The fraction of sp³-hybridized carbons (Fsp3) is 0.455. The van der Waals surface area contributed by atoms with E-state index in [0.717, 1.165) is 19.3 Å². The molecular formula is C11H17N. The summed E-state index contributed by atoms with van der Waals surface area (Å²) in [6.45, 7) is 7.47. The third-order valence-electron chi connectivity index (χ3n) is 2.11. The van der Waals surface area contributed by atoms with Crippen LogP contribution in [0.5, 0.6) is 0 Å². The highest BCUT2D eigenvalue weighted by Crippen LogP contribution is 2.10. The van der Waals surface area contributed by atoms with Crippen LogP contribution in [0.1, 0.15) is 19.3 Å². The minimum absolute atomic E-state index is 0.487. The van der Waals surface area contributed by atoms with E-state index in [9.17, 15) is 0 Å². The quantitative estimate of drug-likeness (QED) is 0.628. The van der Waals surface area contributed by atoms with E-state index in [4.69, 9.17) is 0 Å². The first kappa shape index (κ1) is 9.27. The van der Waals surface area contributed by atoms with Crippen molar-refractivity contribution in [1.82, 2.24) is 5.32 Å². The molecule has 0 aromatic heterocycles. The number of rotatable bonds is 4. The first-order valence-electron chi connectivity index (χ1n) is 4.51. The maximum absolute atomic E-state index is 3.74. The van der Waals surface area contributed by atoms with Gasteiger partial charge in [-0.15, -0.1) is 13.2 Å². The molecule has 0 bridgehead atoms. The van der Waals surface area contributed by atoms with Crippen LogP contribution in [0, 0.1) is 0 Å². The predicted octanol–water partition coefficient (Wildman–Crippen LogP) is 2.43. The fourth-order valence-corrected chi connectivity index (χ4v) is 1.53. The van der Waals surface area contributed by atoms with Gasteiger partial charge in [0, 0.05) is 12.1 Å². The van der Waals surface area contributed by atoms with Crippen LogP contribution in [0.25, 0.3) is 0 Å². The molecule has 1 nitrogen and oxygen atoms in total. The molecule has 1 N–H and O–H groups in total. The molecule has 0 saturated carbocycles. The third-order valence-corrected chi connectivity index (χ3v) is 2.11. The predicted molar refractivity (Wildman–Crippen MR) is 54.1 cm³/mol. The Morgan fingerprint density at radius 1 is 1.33 bits per heavy atom. The van der Waals surface area contributed by atoms with Crippen LogP contribution in [-0.2, 0) is 0 Å². The Morgan fingerprint density at radius 2 is 2.08 bits per heavy atom. The van der Waals surface area contributed by atoms with Crippen LogP contribution < -0.4 is 5.32 Å². The molecule has 66 valence electrons. The van der Waals surface area contributed by atoms with Crippen molar-refractivity contribution in [1.29, 1.82) is 0 Å². The number of nitrogens with one attached hydrogen (secondary N) is 1. The summed E-state index contributed by atoms with van der Waals surface area (Å²) in [5.74, 6) is 0. The van der Waals surface area contributed by atoms with Crippen LogP contribution in [0.4, 0.5) is 0 Å². The molecule has 1 rings (SSSR count). The standard InChI is InChI=1S/C11H17N/c1-3-6-10-8-5-9-11(12-10)7-4-2/h3-5,8,10-12H,1-2,6-7,9H2. The second-order valence-electron chi connectivity index (χ2n) is 3.18. The van der Waals surface area contributed by atoms with E-state index in [1.807, 2.05) is 12.2 Å². The second kappa shape index (κ2) is 4.94. The maximum Gasteiger partial charge on any atom is 0.0287 e. The number of hydrogen-bond donors (Lipinski definition) is 1. The average molecular weight is 163 g/mol. The largest absolute Gasteiger partial charge is 0.307 e. The molecule has 1 aliphatic heterocycles. The zero-order valence-corrected chi connectivity index (χ0v) is 7.50. The Labute approximate surface area is 74.9 Å². The van der Waals surface area contributed by atoms with Gasteiger partial charge in [-0.2, -0.15) is 0 Å². The first-order chi connectivity index (χ1) is 5.86. The highest BCUT2D eigenvalue weighted by Gasteiger charge is 2.13. The Bertz CT molecular complexity index is 181. The van der Waals surface area contributed by atoms with E-state index in [-0.39, 0.29) is 0 Å². The van der Waals surface area contributed by atoms with Crippen molar-refractivity contribution in [2.24, 2.45) is 0 Å². The summed E-state index contributed by atoms with van der Waals surface area (Å²) < 4.78 is 0. The molecule has 1 aliphatic rings. The molecule has 2 unspecified atom stereocenters. The average Bonchev–Trinajstić information content (AvgIpc) is 2.06. The molecule has 0 radical (unpaired) electrons. The highest BCUT2D eigenvalue weighted by molar-refractivity contribution is 5.04. The Morgan fingerprint density at radius 3 is 2.75 bits per heavy atom. The first-order valence-corrected chi connectivity index (χ1v) is 4.51. The van der Waals surface area contributed by atoms with E-state index in [1.165, 1.54) is 0 Å². The molecule has 1 heteroatoms. The van der Waals surface area contributed by atoms with E-state index in [0.29, 0.717) is 12.1 Å². The smallest absolute Gasteiger partial charge is 0.0287 e. The van der Waals surface area contributed by atoms with Crippen molar-refractivity contribution < 1.29 is 0 Å². The van der Waals surface area contributed by atoms with Gasteiger partial charge in [0.25, 0.3) is 0 Å². The lowest BCUT2D eigenvalue weighted by molar-refractivity contribution is 0.455. The monoisotopic (exact) mass is 163 g/mol. The zero-order chi connectivity index (χ0) is 8.81. The van der Waals surface area contributed by atoms with Crippen molar-refractivity contribution in [3.05, 3.63) is 37.5 Å². The molecule has 0 aliphatic carbocycles. The molecular weight excluding hydrogens is 146 g/mol. The fourth-order valence-electron chi connectivity index (χ4n) is 1.53. The Kier molecular flexibility index (Phi) is 3.81. The van der Waals surface area contributed by atoms with Crippen LogP contribution in [0.3, 0.4) is 0 Å². The lowest BCUT2D eigenvalue weighted by Gasteiger charge is -2.25. The SMILES string of the molecule is C=CCC1C=CCC(CC=C)N1. The third kappa shape index (κ3) is 2.67. The molecule has 0 amide bonds. The summed E-state index contributed by atoms with van der Waals surface area (Å²) in [5, 5.41) is 3.53. The van der Waals surface area contributed by atoms with Gasteiger partial charge in [0.15, 0.2) is 0 Å². The summed E-state index contributed by atoms with van der Waals surface area (Å²) in [5.41, 5.74) is 0. The topological polar surface area (TPSA) is 12.0 Å². The van der Waals surface area contributed by atoms with Crippen molar-refractivity contribution in [2.75, 3.05) is 0 Å². The van der Waals surface area contributed by atoms with Gasteiger partial charge in [-0.1, -0.05) is 24.3 Å². The summed E-state index contributed by atoms with van der Waals surface area (Å²) in [6.07, 6.45) is 11.6. The summed E-state index contributed by atoms with van der Waals surface area (Å²) in [7, 11) is 0. The van der Waals surface area contributed by atoms with Gasteiger partial charge in [0.2, 0.25) is 0 Å². The number of hydrogen-bond acceptors (Lipinski definition) is 1. The van der Waals surface area contributed by atoms with E-state index >= 15 is 0 Å². The summed E-state index contributed by atoms with van der Waals surface area (Å²) in [6, 6.07) is 1.07. The normalized spacial score (nSPS) is 28.3. The lowest BCUT2D eigenvalue weighted by Crippen LogP contribution is -2.38. The highest BCUT2D eigenvalue weighted by atomic mass is 14.9. The Hall–Kier alpha value is -0.820. The minimum atomic E-state index is 0.487. The van der Waals surface area contributed by atoms with Gasteiger partial charge in [-0.25, -0.2) is 0 Å². The summed E-state index contributed by atoms with van der Waals surface area (Å²) in [4.78, 5) is 0. The molecule has 0 aromatic carbocycles. The van der Waals surface area contributed by atoms with Crippen molar-refractivity contribution in [3.63, 3.8) is 0 Å². The van der Waals surface area contributed by atoms with Crippen LogP contribution in [-0.4, -0.2) is 12.1 Å². The van der Waals surface area contributed by atoms with Crippen LogP contribution in [0.2, 0.25) is 0 Å².